The normalized spacial score (nSPS) is 16.6. The second-order valence-electron chi connectivity index (χ2n) is 9.08. The van der Waals surface area contributed by atoms with Crippen LogP contribution in [0.25, 0.3) is 16.6 Å². The van der Waals surface area contributed by atoms with E-state index in [-0.39, 0.29) is 17.7 Å². The zero-order valence-corrected chi connectivity index (χ0v) is 19.9. The maximum Gasteiger partial charge on any atom is 0.270 e. The molecule has 0 bridgehead atoms. The summed E-state index contributed by atoms with van der Waals surface area (Å²) in [5, 5.41) is 8.20. The fourth-order valence-corrected chi connectivity index (χ4v) is 5.32. The van der Waals surface area contributed by atoms with Crippen molar-refractivity contribution in [1.29, 1.82) is 0 Å². The number of ether oxygens (including phenoxy) is 1. The van der Waals surface area contributed by atoms with Gasteiger partial charge in [0, 0.05) is 24.9 Å². The molecule has 33 heavy (non-hydrogen) atoms. The van der Waals surface area contributed by atoms with Gasteiger partial charge in [0.15, 0.2) is 0 Å². The molecule has 0 radical (unpaired) electrons. The number of nitrogens with one attached hydrogen (secondary N) is 1. The summed E-state index contributed by atoms with van der Waals surface area (Å²) in [6, 6.07) is 11.6. The van der Waals surface area contributed by atoms with Gasteiger partial charge in [0.25, 0.3) is 5.91 Å². The van der Waals surface area contributed by atoms with Gasteiger partial charge >= 0.3 is 0 Å². The van der Waals surface area contributed by atoms with Crippen molar-refractivity contribution in [2.75, 3.05) is 37.4 Å². The molecule has 2 fully saturated rings. The number of sulfonamides is 1. The van der Waals surface area contributed by atoms with Gasteiger partial charge in [-0.2, -0.15) is 5.10 Å². The molecule has 2 heterocycles. The van der Waals surface area contributed by atoms with Crippen LogP contribution in [0.2, 0.25) is 0 Å². The molecule has 5 rings (SSSR count). The molecule has 0 spiro atoms. The first-order chi connectivity index (χ1) is 15.8. The summed E-state index contributed by atoms with van der Waals surface area (Å²) in [7, 11) is -1.90. The first-order valence-electron chi connectivity index (χ1n) is 11.2. The SMILES string of the molecule is CNC(=O)c1c2cc(C3CC3)c(N(CC3COC3)S(C)(=O)=O)cc2nn1-c1ccc(C)cc1. The second kappa shape index (κ2) is 8.14. The molecule has 2 aromatic carbocycles. The lowest BCUT2D eigenvalue weighted by Crippen LogP contribution is -2.42. The van der Waals surface area contributed by atoms with Crippen LogP contribution in [0.5, 0.6) is 0 Å². The van der Waals surface area contributed by atoms with E-state index in [4.69, 9.17) is 9.84 Å². The van der Waals surface area contributed by atoms with Gasteiger partial charge in [-0.3, -0.25) is 9.10 Å². The number of aromatic nitrogens is 2. The smallest absolute Gasteiger partial charge is 0.270 e. The standard InChI is InChI=1S/C24H28N4O4S/c1-15-4-8-18(9-5-15)28-23(24(29)25-2)20-10-19(17-6-7-17)22(11-21(20)26-28)27(33(3,30)31)12-16-13-32-14-16/h4-5,8-11,16-17H,6-7,12-14H2,1-3H3,(H,25,29). The van der Waals surface area contributed by atoms with Crippen LogP contribution in [0.4, 0.5) is 5.69 Å². The Kier molecular flexibility index (Phi) is 5.41. The Morgan fingerprint density at radius 3 is 2.45 bits per heavy atom. The van der Waals surface area contributed by atoms with E-state index >= 15 is 0 Å². The fourth-order valence-electron chi connectivity index (χ4n) is 4.32. The highest BCUT2D eigenvalue weighted by Crippen LogP contribution is 2.47. The fraction of sp³-hybridized carbons (Fsp3) is 0.417. The Balaban J connectivity index is 1.72. The number of carbonyl (C=O) groups excluding carboxylic acids is 1. The van der Waals surface area contributed by atoms with Crippen LogP contribution < -0.4 is 9.62 Å². The molecule has 8 nitrogen and oxygen atoms in total. The number of carbonyl (C=O) groups is 1. The lowest BCUT2D eigenvalue weighted by molar-refractivity contribution is -0.0262. The number of nitrogens with zero attached hydrogens (tertiary/aromatic N) is 3. The number of fused-ring (bicyclic) bond motifs is 1. The van der Waals surface area contributed by atoms with Gasteiger partial charge < -0.3 is 10.1 Å². The van der Waals surface area contributed by atoms with E-state index in [9.17, 15) is 13.2 Å². The van der Waals surface area contributed by atoms with Gasteiger partial charge in [-0.25, -0.2) is 13.1 Å². The van der Waals surface area contributed by atoms with Crippen molar-refractivity contribution in [3.8, 4) is 5.69 Å². The Morgan fingerprint density at radius 2 is 1.91 bits per heavy atom. The summed E-state index contributed by atoms with van der Waals surface area (Å²) in [5.74, 6) is 0.222. The van der Waals surface area contributed by atoms with E-state index in [0.717, 1.165) is 35.0 Å². The van der Waals surface area contributed by atoms with Crippen molar-refractivity contribution in [3.05, 3.63) is 53.2 Å². The molecule has 9 heteroatoms. The first-order valence-corrected chi connectivity index (χ1v) is 13.0. The van der Waals surface area contributed by atoms with Crippen molar-refractivity contribution in [1.82, 2.24) is 15.1 Å². The van der Waals surface area contributed by atoms with Crippen LogP contribution in [0, 0.1) is 12.8 Å². The average Bonchev–Trinajstić information content (AvgIpc) is 3.52. The molecule has 1 aromatic heterocycles. The monoisotopic (exact) mass is 468 g/mol. The Morgan fingerprint density at radius 1 is 1.21 bits per heavy atom. The molecule has 1 amide bonds. The zero-order chi connectivity index (χ0) is 23.3. The highest BCUT2D eigenvalue weighted by Gasteiger charge is 2.34. The molecule has 3 aromatic rings. The number of amides is 1. The summed E-state index contributed by atoms with van der Waals surface area (Å²) in [4.78, 5) is 12.9. The first kappa shape index (κ1) is 21.9. The van der Waals surface area contributed by atoms with E-state index in [1.165, 1.54) is 10.6 Å². The third-order valence-electron chi connectivity index (χ3n) is 6.36. The minimum absolute atomic E-state index is 0.175. The van der Waals surface area contributed by atoms with Crippen LogP contribution in [0.1, 0.15) is 40.4 Å². The maximum absolute atomic E-state index is 12.9. The molecular weight excluding hydrogens is 440 g/mol. The van der Waals surface area contributed by atoms with E-state index in [1.807, 2.05) is 43.3 Å². The lowest BCUT2D eigenvalue weighted by Gasteiger charge is -2.33. The Labute approximate surface area is 193 Å². The molecule has 1 aliphatic heterocycles. The van der Waals surface area contributed by atoms with Gasteiger partial charge in [0.05, 0.1) is 36.4 Å². The molecule has 1 aliphatic carbocycles. The van der Waals surface area contributed by atoms with Gasteiger partial charge in [-0.15, -0.1) is 0 Å². The number of hydrogen-bond donors (Lipinski definition) is 1. The van der Waals surface area contributed by atoms with Gasteiger partial charge in [-0.1, -0.05) is 17.7 Å². The molecule has 1 saturated heterocycles. The lowest BCUT2D eigenvalue weighted by atomic mass is 10.0. The highest BCUT2D eigenvalue weighted by atomic mass is 32.2. The van der Waals surface area contributed by atoms with Gasteiger partial charge in [0.2, 0.25) is 10.0 Å². The van der Waals surface area contributed by atoms with E-state index in [0.29, 0.717) is 36.7 Å². The quantitative estimate of drug-likeness (QED) is 0.575. The third-order valence-corrected chi connectivity index (χ3v) is 7.50. The average molecular weight is 469 g/mol. The van der Waals surface area contributed by atoms with Crippen LogP contribution in [0.15, 0.2) is 36.4 Å². The van der Waals surface area contributed by atoms with E-state index in [2.05, 4.69) is 5.32 Å². The summed E-state index contributed by atoms with van der Waals surface area (Å²) < 4.78 is 34.1. The molecule has 1 N–H and O–H groups in total. The Hall–Kier alpha value is -2.91. The summed E-state index contributed by atoms with van der Waals surface area (Å²) in [5.41, 5.74) is 4.55. The zero-order valence-electron chi connectivity index (χ0n) is 19.0. The number of rotatable bonds is 7. The summed E-state index contributed by atoms with van der Waals surface area (Å²) >= 11 is 0. The minimum Gasteiger partial charge on any atom is -0.381 e. The molecule has 174 valence electrons. The highest BCUT2D eigenvalue weighted by molar-refractivity contribution is 7.92. The number of benzene rings is 2. The number of hydrogen-bond acceptors (Lipinski definition) is 5. The number of aryl methyl sites for hydroxylation is 1. The molecule has 0 unspecified atom stereocenters. The van der Waals surface area contributed by atoms with Crippen molar-refractivity contribution >= 4 is 32.5 Å². The molecule has 2 aliphatic rings. The van der Waals surface area contributed by atoms with Crippen LogP contribution in [-0.4, -0.2) is 57.2 Å². The van der Waals surface area contributed by atoms with Crippen molar-refractivity contribution in [2.24, 2.45) is 5.92 Å². The van der Waals surface area contributed by atoms with Crippen LogP contribution in [0.3, 0.4) is 0 Å². The van der Waals surface area contributed by atoms with E-state index in [1.54, 1.807) is 11.7 Å². The topological polar surface area (TPSA) is 93.5 Å². The maximum atomic E-state index is 12.9. The van der Waals surface area contributed by atoms with E-state index < -0.39 is 10.0 Å². The Bertz CT molecular complexity index is 1320. The molecule has 1 saturated carbocycles. The summed E-state index contributed by atoms with van der Waals surface area (Å²) in [6.45, 7) is 3.51. The van der Waals surface area contributed by atoms with Crippen LogP contribution in [-0.2, 0) is 14.8 Å². The predicted octanol–water partition coefficient (Wildman–Crippen LogP) is 2.98. The van der Waals surface area contributed by atoms with Crippen molar-refractivity contribution in [3.63, 3.8) is 0 Å². The number of anilines is 1. The van der Waals surface area contributed by atoms with Crippen molar-refractivity contribution < 1.29 is 17.9 Å². The molecule has 0 atom stereocenters. The minimum atomic E-state index is -3.50. The largest absolute Gasteiger partial charge is 0.381 e. The van der Waals surface area contributed by atoms with Crippen molar-refractivity contribution in [2.45, 2.75) is 25.7 Å². The summed E-state index contributed by atoms with van der Waals surface area (Å²) in [6.07, 6.45) is 3.25. The predicted molar refractivity (Wildman–Crippen MR) is 128 cm³/mol. The van der Waals surface area contributed by atoms with Gasteiger partial charge in [0.1, 0.15) is 5.69 Å². The second-order valence-corrected chi connectivity index (χ2v) is 11.0. The third kappa shape index (κ3) is 4.11. The molecular formula is C24H28N4O4S. The van der Waals surface area contributed by atoms with Gasteiger partial charge in [-0.05, 0) is 55.5 Å². The van der Waals surface area contributed by atoms with Crippen LogP contribution >= 0.6 is 0 Å².